The molecule has 2 aromatic heterocycles. The van der Waals surface area contributed by atoms with E-state index in [-0.39, 0.29) is 6.04 Å². The lowest BCUT2D eigenvalue weighted by Crippen LogP contribution is -2.11. The van der Waals surface area contributed by atoms with E-state index < -0.39 is 0 Å². The zero-order chi connectivity index (χ0) is 11.5. The van der Waals surface area contributed by atoms with Crippen molar-refractivity contribution < 1.29 is 0 Å². The first-order valence-electron chi connectivity index (χ1n) is 5.20. The summed E-state index contributed by atoms with van der Waals surface area (Å²) in [7, 11) is 1.89. The monoisotopic (exact) mass is 217 g/mol. The molecule has 0 amide bonds. The molecule has 1 atom stereocenters. The fraction of sp³-hybridized carbons (Fsp3) is 0.364. The van der Waals surface area contributed by atoms with Gasteiger partial charge in [-0.15, -0.1) is 0 Å². The van der Waals surface area contributed by atoms with Crippen molar-refractivity contribution in [3.8, 4) is 0 Å². The van der Waals surface area contributed by atoms with E-state index in [0.717, 1.165) is 17.2 Å². The molecule has 0 radical (unpaired) electrons. The first-order valence-corrected chi connectivity index (χ1v) is 5.20. The Hall–Kier alpha value is -1.91. The van der Waals surface area contributed by atoms with Crippen LogP contribution in [0.1, 0.15) is 24.4 Å². The van der Waals surface area contributed by atoms with E-state index in [1.165, 1.54) is 0 Å². The molecular formula is C11H15N5. The van der Waals surface area contributed by atoms with Gasteiger partial charge in [0.25, 0.3) is 0 Å². The second kappa shape index (κ2) is 4.30. The van der Waals surface area contributed by atoms with Crippen molar-refractivity contribution in [2.75, 3.05) is 5.32 Å². The van der Waals surface area contributed by atoms with Gasteiger partial charge in [0.2, 0.25) is 0 Å². The van der Waals surface area contributed by atoms with Gasteiger partial charge in [-0.3, -0.25) is 14.6 Å². The molecule has 5 heteroatoms. The maximum absolute atomic E-state index is 4.32. The molecule has 16 heavy (non-hydrogen) atoms. The summed E-state index contributed by atoms with van der Waals surface area (Å²) in [6.07, 6.45) is 5.31. The van der Waals surface area contributed by atoms with Gasteiger partial charge >= 0.3 is 0 Å². The highest BCUT2D eigenvalue weighted by atomic mass is 15.3. The Kier molecular flexibility index (Phi) is 2.85. The standard InChI is InChI=1S/C11H15N5/c1-8-11(13-6-5-12-8)9(2)14-10-4-7-16(3)15-10/h4-7,9H,1-3H3,(H,14,15). The van der Waals surface area contributed by atoms with Crippen molar-refractivity contribution in [3.05, 3.63) is 36.0 Å². The average Bonchev–Trinajstić information content (AvgIpc) is 2.64. The van der Waals surface area contributed by atoms with Gasteiger partial charge in [-0.1, -0.05) is 0 Å². The largest absolute Gasteiger partial charge is 0.360 e. The Morgan fingerprint density at radius 1 is 1.31 bits per heavy atom. The van der Waals surface area contributed by atoms with E-state index in [1.54, 1.807) is 17.1 Å². The van der Waals surface area contributed by atoms with Gasteiger partial charge in [-0.05, 0) is 13.8 Å². The van der Waals surface area contributed by atoms with Crippen LogP contribution in [0.15, 0.2) is 24.7 Å². The molecule has 0 fully saturated rings. The van der Waals surface area contributed by atoms with Gasteiger partial charge in [0, 0.05) is 31.7 Å². The van der Waals surface area contributed by atoms with Gasteiger partial charge in [0.05, 0.1) is 17.4 Å². The van der Waals surface area contributed by atoms with Crippen LogP contribution in [0.5, 0.6) is 0 Å². The van der Waals surface area contributed by atoms with E-state index in [1.807, 2.05) is 33.2 Å². The lowest BCUT2D eigenvalue weighted by Gasteiger charge is -2.13. The zero-order valence-corrected chi connectivity index (χ0v) is 9.68. The molecule has 0 spiro atoms. The Morgan fingerprint density at radius 2 is 2.06 bits per heavy atom. The van der Waals surface area contributed by atoms with E-state index in [4.69, 9.17) is 0 Å². The summed E-state index contributed by atoms with van der Waals surface area (Å²) in [5.41, 5.74) is 1.89. The topological polar surface area (TPSA) is 55.6 Å². The third kappa shape index (κ3) is 2.18. The molecule has 0 saturated carbocycles. The van der Waals surface area contributed by atoms with Crippen molar-refractivity contribution in [1.29, 1.82) is 0 Å². The molecule has 2 heterocycles. The van der Waals surface area contributed by atoms with E-state index in [9.17, 15) is 0 Å². The summed E-state index contributed by atoms with van der Waals surface area (Å²) in [5.74, 6) is 0.847. The molecule has 0 aliphatic carbocycles. The van der Waals surface area contributed by atoms with Crippen LogP contribution in [0.2, 0.25) is 0 Å². The molecule has 84 valence electrons. The molecule has 1 unspecified atom stereocenters. The number of nitrogens with one attached hydrogen (secondary N) is 1. The molecule has 2 aromatic rings. The van der Waals surface area contributed by atoms with Crippen LogP contribution in [0.4, 0.5) is 5.82 Å². The number of rotatable bonds is 3. The van der Waals surface area contributed by atoms with E-state index >= 15 is 0 Å². The Balaban J connectivity index is 2.14. The second-order valence-electron chi connectivity index (χ2n) is 3.77. The number of aryl methyl sites for hydroxylation is 2. The third-order valence-corrected chi connectivity index (χ3v) is 2.41. The third-order valence-electron chi connectivity index (χ3n) is 2.41. The van der Waals surface area contributed by atoms with Crippen LogP contribution in [0, 0.1) is 6.92 Å². The van der Waals surface area contributed by atoms with Crippen molar-refractivity contribution >= 4 is 5.82 Å². The van der Waals surface area contributed by atoms with E-state index in [2.05, 4.69) is 20.4 Å². The lowest BCUT2D eigenvalue weighted by atomic mass is 10.2. The molecule has 0 bridgehead atoms. The SMILES string of the molecule is Cc1nccnc1C(C)Nc1ccn(C)n1. The van der Waals surface area contributed by atoms with Gasteiger partial charge in [-0.2, -0.15) is 5.10 Å². The molecule has 1 N–H and O–H groups in total. The van der Waals surface area contributed by atoms with Gasteiger partial charge < -0.3 is 5.32 Å². The quantitative estimate of drug-likeness (QED) is 0.850. The summed E-state index contributed by atoms with van der Waals surface area (Å²) in [4.78, 5) is 8.54. The molecular weight excluding hydrogens is 202 g/mol. The fourth-order valence-corrected chi connectivity index (χ4v) is 1.63. The molecule has 0 saturated heterocycles. The highest BCUT2D eigenvalue weighted by Crippen LogP contribution is 2.17. The summed E-state index contributed by atoms with van der Waals surface area (Å²) >= 11 is 0. The number of nitrogens with zero attached hydrogens (tertiary/aromatic N) is 4. The van der Waals surface area contributed by atoms with Crippen LogP contribution in [0.25, 0.3) is 0 Å². The maximum Gasteiger partial charge on any atom is 0.148 e. The second-order valence-corrected chi connectivity index (χ2v) is 3.77. The van der Waals surface area contributed by atoms with Crippen LogP contribution >= 0.6 is 0 Å². The number of hydrogen-bond donors (Lipinski definition) is 1. The van der Waals surface area contributed by atoms with Gasteiger partial charge in [0.1, 0.15) is 5.82 Å². The highest BCUT2D eigenvalue weighted by Gasteiger charge is 2.10. The van der Waals surface area contributed by atoms with Crippen LogP contribution < -0.4 is 5.32 Å². The Morgan fingerprint density at radius 3 is 2.69 bits per heavy atom. The highest BCUT2D eigenvalue weighted by molar-refractivity contribution is 5.35. The summed E-state index contributed by atoms with van der Waals surface area (Å²) in [5, 5.41) is 7.55. The molecule has 5 nitrogen and oxygen atoms in total. The first-order chi connectivity index (χ1) is 7.66. The lowest BCUT2D eigenvalue weighted by molar-refractivity contribution is 0.751. The smallest absolute Gasteiger partial charge is 0.148 e. The Bertz CT molecular complexity index is 477. The zero-order valence-electron chi connectivity index (χ0n) is 9.68. The first kappa shape index (κ1) is 10.6. The maximum atomic E-state index is 4.32. The predicted octanol–water partition coefficient (Wildman–Crippen LogP) is 1.69. The summed E-state index contributed by atoms with van der Waals surface area (Å²) in [6, 6.07) is 2.03. The fourth-order valence-electron chi connectivity index (χ4n) is 1.63. The number of hydrogen-bond acceptors (Lipinski definition) is 4. The number of anilines is 1. The van der Waals surface area contributed by atoms with E-state index in [0.29, 0.717) is 0 Å². The minimum atomic E-state index is 0.101. The normalized spacial score (nSPS) is 12.4. The minimum Gasteiger partial charge on any atom is -0.360 e. The van der Waals surface area contributed by atoms with Crippen molar-refractivity contribution in [2.24, 2.45) is 7.05 Å². The summed E-state index contributed by atoms with van der Waals surface area (Å²) < 4.78 is 1.76. The van der Waals surface area contributed by atoms with Crippen molar-refractivity contribution in [3.63, 3.8) is 0 Å². The minimum absolute atomic E-state index is 0.101. The summed E-state index contributed by atoms with van der Waals surface area (Å²) in [6.45, 7) is 4.00. The molecule has 2 rings (SSSR count). The van der Waals surface area contributed by atoms with Crippen LogP contribution in [-0.2, 0) is 7.05 Å². The van der Waals surface area contributed by atoms with Gasteiger partial charge in [-0.25, -0.2) is 0 Å². The Labute approximate surface area is 94.5 Å². The van der Waals surface area contributed by atoms with Crippen LogP contribution in [-0.4, -0.2) is 19.7 Å². The van der Waals surface area contributed by atoms with Crippen LogP contribution in [0.3, 0.4) is 0 Å². The average molecular weight is 217 g/mol. The molecule has 0 aliphatic heterocycles. The predicted molar refractivity (Wildman–Crippen MR) is 62.0 cm³/mol. The van der Waals surface area contributed by atoms with Crippen molar-refractivity contribution in [1.82, 2.24) is 19.7 Å². The molecule has 0 aliphatic rings. The molecule has 0 aromatic carbocycles. The van der Waals surface area contributed by atoms with Gasteiger partial charge in [0.15, 0.2) is 0 Å². The number of aromatic nitrogens is 4. The van der Waals surface area contributed by atoms with Crippen molar-refractivity contribution in [2.45, 2.75) is 19.9 Å².